The highest BCUT2D eigenvalue weighted by molar-refractivity contribution is 6.46. The maximum absolute atomic E-state index is 13.0. The zero-order valence-corrected chi connectivity index (χ0v) is 18.7. The molecule has 1 fully saturated rings. The minimum absolute atomic E-state index is 0.0149. The van der Waals surface area contributed by atoms with Gasteiger partial charge in [-0.3, -0.25) is 19.7 Å². The van der Waals surface area contributed by atoms with Crippen molar-refractivity contribution in [2.24, 2.45) is 0 Å². The Bertz CT molecular complexity index is 1090. The van der Waals surface area contributed by atoms with Crippen LogP contribution in [0.1, 0.15) is 37.4 Å². The molecule has 0 saturated carbocycles. The smallest absolute Gasteiger partial charge is 0.295 e. The van der Waals surface area contributed by atoms with Crippen LogP contribution in [0.3, 0.4) is 0 Å². The number of benzene rings is 2. The van der Waals surface area contributed by atoms with Crippen molar-refractivity contribution in [2.45, 2.75) is 32.4 Å². The number of ether oxygens (including phenoxy) is 2. The number of nitrogens with zero attached hydrogens (tertiary/aromatic N) is 2. The third-order valence-electron chi connectivity index (χ3n) is 5.27. The van der Waals surface area contributed by atoms with Crippen LogP contribution in [0.2, 0.25) is 0 Å². The summed E-state index contributed by atoms with van der Waals surface area (Å²) in [6.45, 7) is 4.34. The minimum Gasteiger partial charge on any atom is -0.507 e. The Morgan fingerprint density at radius 2 is 1.91 bits per heavy atom. The van der Waals surface area contributed by atoms with Gasteiger partial charge >= 0.3 is 0 Å². The third kappa shape index (κ3) is 5.20. The number of ketones is 1. The monoisotopic (exact) mass is 454 g/mol. The maximum atomic E-state index is 13.0. The molecule has 9 nitrogen and oxygen atoms in total. The van der Waals surface area contributed by atoms with E-state index in [0.29, 0.717) is 29.9 Å². The lowest BCUT2D eigenvalue weighted by Crippen LogP contribution is -2.31. The van der Waals surface area contributed by atoms with Crippen molar-refractivity contribution >= 4 is 23.1 Å². The number of carbonyl (C=O) groups is 2. The van der Waals surface area contributed by atoms with Gasteiger partial charge in [-0.05, 0) is 38.0 Å². The standard InChI is InChI=1S/C24H26N2O7/c1-15(2)33-12-6-11-25-21(16-7-4-9-18(13-16)26(30)31)20(23(28)24(25)29)22(27)17-8-5-10-19(14-17)32-3/h4-5,7-10,13-15,21,27H,6,11-12H2,1-3H3/t21-/m1/s1. The van der Waals surface area contributed by atoms with Crippen LogP contribution in [0.5, 0.6) is 5.75 Å². The first-order valence-electron chi connectivity index (χ1n) is 10.5. The van der Waals surface area contributed by atoms with Crippen molar-refractivity contribution < 1.29 is 29.1 Å². The number of rotatable bonds is 9. The lowest BCUT2D eigenvalue weighted by Gasteiger charge is -2.25. The molecule has 0 spiro atoms. The Hall–Kier alpha value is -3.72. The predicted molar refractivity (Wildman–Crippen MR) is 121 cm³/mol. The molecule has 174 valence electrons. The molecule has 9 heteroatoms. The molecule has 1 heterocycles. The van der Waals surface area contributed by atoms with Gasteiger partial charge in [0.25, 0.3) is 17.4 Å². The van der Waals surface area contributed by atoms with E-state index >= 15 is 0 Å². The summed E-state index contributed by atoms with van der Waals surface area (Å²) >= 11 is 0. The van der Waals surface area contributed by atoms with Crippen LogP contribution in [-0.4, -0.2) is 53.0 Å². The van der Waals surface area contributed by atoms with Gasteiger partial charge in [-0.1, -0.05) is 24.3 Å². The highest BCUT2D eigenvalue weighted by atomic mass is 16.6. The molecule has 3 rings (SSSR count). The van der Waals surface area contributed by atoms with Gasteiger partial charge in [0.15, 0.2) is 0 Å². The molecule has 0 aromatic heterocycles. The average Bonchev–Trinajstić information content (AvgIpc) is 3.06. The molecule has 1 saturated heterocycles. The van der Waals surface area contributed by atoms with Crippen LogP contribution < -0.4 is 4.74 Å². The van der Waals surface area contributed by atoms with E-state index in [9.17, 15) is 24.8 Å². The Morgan fingerprint density at radius 1 is 1.18 bits per heavy atom. The summed E-state index contributed by atoms with van der Waals surface area (Å²) in [5, 5.41) is 22.4. The molecule has 1 N–H and O–H groups in total. The van der Waals surface area contributed by atoms with Gasteiger partial charge in [-0.2, -0.15) is 0 Å². The molecule has 33 heavy (non-hydrogen) atoms. The van der Waals surface area contributed by atoms with Crippen molar-refractivity contribution in [2.75, 3.05) is 20.3 Å². The van der Waals surface area contributed by atoms with Crippen molar-refractivity contribution in [1.29, 1.82) is 0 Å². The second-order valence-corrected chi connectivity index (χ2v) is 7.85. The van der Waals surface area contributed by atoms with Gasteiger partial charge in [0, 0.05) is 30.8 Å². The molecule has 0 unspecified atom stereocenters. The van der Waals surface area contributed by atoms with E-state index in [0.717, 1.165) is 0 Å². The Balaban J connectivity index is 2.09. The number of amides is 1. The number of hydrogen-bond donors (Lipinski definition) is 1. The van der Waals surface area contributed by atoms with Gasteiger partial charge in [-0.15, -0.1) is 0 Å². The molecular weight excluding hydrogens is 428 g/mol. The number of hydrogen-bond acceptors (Lipinski definition) is 7. The first-order chi connectivity index (χ1) is 15.7. The van der Waals surface area contributed by atoms with Crippen molar-refractivity contribution in [3.8, 4) is 5.75 Å². The van der Waals surface area contributed by atoms with Gasteiger partial charge < -0.3 is 19.5 Å². The van der Waals surface area contributed by atoms with E-state index < -0.39 is 22.7 Å². The van der Waals surface area contributed by atoms with Crippen LogP contribution in [0, 0.1) is 10.1 Å². The van der Waals surface area contributed by atoms with Gasteiger partial charge in [0.1, 0.15) is 11.5 Å². The fourth-order valence-electron chi connectivity index (χ4n) is 3.75. The van der Waals surface area contributed by atoms with Crippen LogP contribution in [0.15, 0.2) is 54.1 Å². The Kier molecular flexibility index (Phi) is 7.44. The summed E-state index contributed by atoms with van der Waals surface area (Å²) in [6, 6.07) is 11.2. The van der Waals surface area contributed by atoms with Crippen molar-refractivity contribution in [3.05, 3.63) is 75.3 Å². The third-order valence-corrected chi connectivity index (χ3v) is 5.27. The molecule has 1 amide bonds. The van der Waals surface area contributed by atoms with Crippen LogP contribution in [0.4, 0.5) is 5.69 Å². The number of non-ortho nitro benzene ring substituents is 1. The first-order valence-corrected chi connectivity index (χ1v) is 10.5. The number of nitro groups is 1. The molecule has 1 aliphatic rings. The van der Waals surface area contributed by atoms with Gasteiger partial charge in [0.05, 0.1) is 29.8 Å². The van der Waals surface area contributed by atoms with Crippen LogP contribution in [0.25, 0.3) is 5.76 Å². The van der Waals surface area contributed by atoms with E-state index in [1.807, 2.05) is 13.8 Å². The largest absolute Gasteiger partial charge is 0.507 e. The average molecular weight is 454 g/mol. The van der Waals surface area contributed by atoms with E-state index in [1.54, 1.807) is 30.3 Å². The van der Waals surface area contributed by atoms with Crippen molar-refractivity contribution in [1.82, 2.24) is 4.90 Å². The number of Topliss-reactive ketones (excluding diaryl/α,β-unsaturated/α-hetero) is 1. The van der Waals surface area contributed by atoms with E-state index in [2.05, 4.69) is 0 Å². The molecule has 2 aromatic rings. The van der Waals surface area contributed by atoms with E-state index in [4.69, 9.17) is 9.47 Å². The highest BCUT2D eigenvalue weighted by Gasteiger charge is 2.46. The van der Waals surface area contributed by atoms with Gasteiger partial charge in [0.2, 0.25) is 0 Å². The quantitative estimate of drug-likeness (QED) is 0.153. The second kappa shape index (κ2) is 10.3. The van der Waals surface area contributed by atoms with Crippen LogP contribution >= 0.6 is 0 Å². The molecule has 0 radical (unpaired) electrons. The number of aliphatic hydroxyl groups excluding tert-OH is 1. The molecule has 0 bridgehead atoms. The summed E-state index contributed by atoms with van der Waals surface area (Å²) in [5.41, 5.74) is 0.352. The predicted octanol–water partition coefficient (Wildman–Crippen LogP) is 3.84. The lowest BCUT2D eigenvalue weighted by molar-refractivity contribution is -0.384. The zero-order valence-electron chi connectivity index (χ0n) is 18.7. The molecule has 1 atom stereocenters. The summed E-state index contributed by atoms with van der Waals surface area (Å²) in [4.78, 5) is 38.1. The Labute approximate surface area is 191 Å². The summed E-state index contributed by atoms with van der Waals surface area (Å²) < 4.78 is 10.7. The molecule has 2 aromatic carbocycles. The lowest BCUT2D eigenvalue weighted by atomic mass is 9.95. The second-order valence-electron chi connectivity index (χ2n) is 7.85. The van der Waals surface area contributed by atoms with Crippen LogP contribution in [-0.2, 0) is 14.3 Å². The molecule has 0 aliphatic carbocycles. The summed E-state index contributed by atoms with van der Waals surface area (Å²) in [7, 11) is 1.47. The molecule has 1 aliphatic heterocycles. The number of methoxy groups -OCH3 is 1. The number of nitro benzene ring substituents is 1. The maximum Gasteiger partial charge on any atom is 0.295 e. The zero-order chi connectivity index (χ0) is 24.1. The molecular formula is C24H26N2O7. The minimum atomic E-state index is -0.977. The van der Waals surface area contributed by atoms with E-state index in [1.165, 1.54) is 30.2 Å². The Morgan fingerprint density at radius 3 is 2.58 bits per heavy atom. The number of carbonyl (C=O) groups excluding carboxylic acids is 2. The number of aliphatic hydroxyl groups is 1. The topological polar surface area (TPSA) is 119 Å². The summed E-state index contributed by atoms with van der Waals surface area (Å²) in [5.74, 6) is -1.53. The summed E-state index contributed by atoms with van der Waals surface area (Å²) in [6.07, 6.45) is 0.469. The van der Waals surface area contributed by atoms with E-state index in [-0.39, 0.29) is 29.7 Å². The first kappa shape index (κ1) is 23.9. The number of likely N-dealkylation sites (tertiary alicyclic amines) is 1. The SMILES string of the molecule is COc1cccc(C(O)=C2C(=O)C(=O)N(CCCOC(C)C)[C@@H]2c2cccc([N+](=O)[O-])c2)c1. The normalized spacial score (nSPS) is 17.6. The van der Waals surface area contributed by atoms with Gasteiger partial charge in [-0.25, -0.2) is 0 Å². The highest BCUT2D eigenvalue weighted by Crippen LogP contribution is 2.40. The fourth-order valence-corrected chi connectivity index (χ4v) is 3.75. The fraction of sp³-hybridized carbons (Fsp3) is 0.333. The van der Waals surface area contributed by atoms with Crippen molar-refractivity contribution in [3.63, 3.8) is 0 Å².